The van der Waals surface area contributed by atoms with Gasteiger partial charge in [-0.1, -0.05) is 0 Å². The maximum absolute atomic E-state index is 12.7. The van der Waals surface area contributed by atoms with E-state index in [0.29, 0.717) is 28.3 Å². The molecule has 114 valence electrons. The van der Waals surface area contributed by atoms with Crippen molar-refractivity contribution < 1.29 is 17.9 Å². The monoisotopic (exact) mass is 316 g/mol. The highest BCUT2D eigenvalue weighted by molar-refractivity contribution is 7.71. The van der Waals surface area contributed by atoms with Crippen molar-refractivity contribution in [1.82, 2.24) is 9.55 Å². The third-order valence-electron chi connectivity index (χ3n) is 4.05. The van der Waals surface area contributed by atoms with Crippen molar-refractivity contribution in [3.05, 3.63) is 28.5 Å². The van der Waals surface area contributed by atoms with Crippen LogP contribution >= 0.6 is 12.2 Å². The lowest BCUT2D eigenvalue weighted by Gasteiger charge is -2.15. The van der Waals surface area contributed by atoms with Crippen molar-refractivity contribution in [3.8, 4) is 0 Å². The summed E-state index contributed by atoms with van der Waals surface area (Å²) in [6.07, 6.45) is -3.26. The molecule has 2 aromatic rings. The number of fused-ring (bicyclic) bond motifs is 1. The molecular formula is C14H15F3N2OS. The largest absolute Gasteiger partial charge is 0.416 e. The van der Waals surface area contributed by atoms with Crippen molar-refractivity contribution in [1.29, 1.82) is 0 Å². The highest BCUT2D eigenvalue weighted by Gasteiger charge is 2.31. The van der Waals surface area contributed by atoms with E-state index in [4.69, 9.17) is 17.0 Å². The fourth-order valence-electron chi connectivity index (χ4n) is 2.77. The third-order valence-corrected chi connectivity index (χ3v) is 4.37. The number of hydrogen-bond donors (Lipinski definition) is 1. The quantitative estimate of drug-likeness (QED) is 0.844. The van der Waals surface area contributed by atoms with E-state index >= 15 is 0 Å². The predicted molar refractivity (Wildman–Crippen MR) is 75.6 cm³/mol. The van der Waals surface area contributed by atoms with Gasteiger partial charge in [0.25, 0.3) is 0 Å². The zero-order valence-corrected chi connectivity index (χ0v) is 12.2. The second kappa shape index (κ2) is 5.14. The molecule has 2 heterocycles. The van der Waals surface area contributed by atoms with Gasteiger partial charge in [0.05, 0.1) is 22.7 Å². The van der Waals surface area contributed by atoms with Crippen LogP contribution in [0.2, 0.25) is 0 Å². The van der Waals surface area contributed by atoms with Crippen LogP contribution in [0, 0.1) is 10.7 Å². The molecule has 0 amide bonds. The van der Waals surface area contributed by atoms with E-state index in [1.165, 1.54) is 6.07 Å². The third kappa shape index (κ3) is 2.72. The highest BCUT2D eigenvalue weighted by atomic mass is 32.1. The van der Waals surface area contributed by atoms with E-state index in [2.05, 4.69) is 4.98 Å². The second-order valence-corrected chi connectivity index (χ2v) is 5.78. The molecule has 1 aliphatic heterocycles. The van der Waals surface area contributed by atoms with Crippen LogP contribution in [0.25, 0.3) is 11.0 Å². The van der Waals surface area contributed by atoms with Gasteiger partial charge in [0.15, 0.2) is 4.77 Å². The first-order chi connectivity index (χ1) is 9.86. The minimum absolute atomic E-state index is 0.145. The Kier molecular flexibility index (Phi) is 3.57. The number of nitrogens with one attached hydrogen (secondary N) is 1. The van der Waals surface area contributed by atoms with E-state index < -0.39 is 11.7 Å². The molecule has 1 saturated heterocycles. The Morgan fingerprint density at radius 1 is 1.43 bits per heavy atom. The summed E-state index contributed by atoms with van der Waals surface area (Å²) in [7, 11) is 0. The number of ether oxygens (including phenoxy) is 1. The Bertz CT molecular complexity index is 719. The van der Waals surface area contributed by atoms with Crippen LogP contribution in [0.15, 0.2) is 18.2 Å². The molecule has 0 aliphatic carbocycles. The molecule has 1 aromatic heterocycles. The number of aromatic nitrogens is 2. The minimum Gasteiger partial charge on any atom is -0.378 e. The number of hydrogen-bond acceptors (Lipinski definition) is 2. The summed E-state index contributed by atoms with van der Waals surface area (Å²) >= 11 is 5.25. The molecule has 1 aromatic carbocycles. The van der Waals surface area contributed by atoms with Crippen molar-refractivity contribution in [2.75, 3.05) is 6.61 Å². The number of imidazole rings is 1. The van der Waals surface area contributed by atoms with E-state index in [9.17, 15) is 13.2 Å². The number of aromatic amines is 1. The molecule has 0 bridgehead atoms. The zero-order valence-electron chi connectivity index (χ0n) is 11.4. The SMILES string of the molecule is CC1OCCC1Cn1c(=S)[nH]c2cc(C(F)(F)F)ccc21. The van der Waals surface area contributed by atoms with Crippen molar-refractivity contribution in [2.24, 2.45) is 5.92 Å². The Balaban J connectivity index is 2.00. The van der Waals surface area contributed by atoms with Crippen LogP contribution in [-0.2, 0) is 17.5 Å². The van der Waals surface area contributed by atoms with Gasteiger partial charge in [-0.25, -0.2) is 0 Å². The van der Waals surface area contributed by atoms with Gasteiger partial charge >= 0.3 is 6.18 Å². The average molecular weight is 316 g/mol. The van der Waals surface area contributed by atoms with Crippen molar-refractivity contribution in [2.45, 2.75) is 32.2 Å². The lowest BCUT2D eigenvalue weighted by molar-refractivity contribution is -0.137. The number of H-pyrrole nitrogens is 1. The van der Waals surface area contributed by atoms with E-state index in [0.717, 1.165) is 25.2 Å². The van der Waals surface area contributed by atoms with Crippen molar-refractivity contribution in [3.63, 3.8) is 0 Å². The van der Waals surface area contributed by atoms with E-state index in [-0.39, 0.29) is 6.10 Å². The second-order valence-electron chi connectivity index (χ2n) is 5.40. The molecule has 21 heavy (non-hydrogen) atoms. The van der Waals surface area contributed by atoms with Crippen molar-refractivity contribution >= 4 is 23.3 Å². The molecule has 2 unspecified atom stereocenters. The molecule has 0 spiro atoms. The number of nitrogens with zero attached hydrogens (tertiary/aromatic N) is 1. The predicted octanol–water partition coefficient (Wildman–Crippen LogP) is 4.14. The zero-order chi connectivity index (χ0) is 15.2. The lowest BCUT2D eigenvalue weighted by atomic mass is 10.0. The molecule has 0 radical (unpaired) electrons. The Morgan fingerprint density at radius 2 is 2.19 bits per heavy atom. The van der Waals surface area contributed by atoms with Crippen LogP contribution < -0.4 is 0 Å². The lowest BCUT2D eigenvalue weighted by Crippen LogP contribution is -2.18. The topological polar surface area (TPSA) is 29.9 Å². The standard InChI is InChI=1S/C14H15F3N2OS/c1-8-9(4-5-20-8)7-19-12-3-2-10(14(15,16)17)6-11(12)18-13(19)21/h2-3,6,8-9H,4-5,7H2,1H3,(H,18,21). The van der Waals surface area contributed by atoms with Gasteiger partial charge in [0.1, 0.15) is 0 Å². The molecule has 1 N–H and O–H groups in total. The van der Waals surface area contributed by atoms with Gasteiger partial charge in [0, 0.05) is 19.1 Å². The molecule has 3 nitrogen and oxygen atoms in total. The van der Waals surface area contributed by atoms with Gasteiger partial charge in [0.2, 0.25) is 0 Å². The Hall–Kier alpha value is -1.34. The Morgan fingerprint density at radius 3 is 2.81 bits per heavy atom. The summed E-state index contributed by atoms with van der Waals surface area (Å²) in [5.41, 5.74) is 0.449. The summed E-state index contributed by atoms with van der Waals surface area (Å²) in [6.45, 7) is 3.39. The van der Waals surface area contributed by atoms with Gasteiger partial charge in [-0.3, -0.25) is 0 Å². The molecule has 2 atom stereocenters. The van der Waals surface area contributed by atoms with Gasteiger partial charge < -0.3 is 14.3 Å². The molecule has 1 aliphatic rings. The van der Waals surface area contributed by atoms with E-state index in [1.807, 2.05) is 11.5 Å². The summed E-state index contributed by atoms with van der Waals surface area (Å²) in [6, 6.07) is 3.68. The summed E-state index contributed by atoms with van der Waals surface area (Å²) in [5.74, 6) is 0.331. The maximum Gasteiger partial charge on any atom is 0.416 e. The summed E-state index contributed by atoms with van der Waals surface area (Å²) < 4.78 is 46.0. The van der Waals surface area contributed by atoms with Crippen LogP contribution in [0.4, 0.5) is 13.2 Å². The number of halogens is 3. The smallest absolute Gasteiger partial charge is 0.378 e. The average Bonchev–Trinajstić information content (AvgIpc) is 2.93. The van der Waals surface area contributed by atoms with Crippen LogP contribution in [0.1, 0.15) is 18.9 Å². The molecular weight excluding hydrogens is 301 g/mol. The first-order valence-electron chi connectivity index (χ1n) is 6.77. The van der Waals surface area contributed by atoms with Gasteiger partial charge in [-0.05, 0) is 43.8 Å². The number of rotatable bonds is 2. The normalized spacial score (nSPS) is 23.0. The fraction of sp³-hybridized carbons (Fsp3) is 0.500. The van der Waals surface area contributed by atoms with E-state index in [1.54, 1.807) is 0 Å². The van der Waals surface area contributed by atoms with Crippen LogP contribution in [0.3, 0.4) is 0 Å². The number of benzene rings is 1. The molecule has 7 heteroatoms. The summed E-state index contributed by atoms with van der Waals surface area (Å²) in [4.78, 5) is 2.87. The molecule has 0 saturated carbocycles. The van der Waals surface area contributed by atoms with Crippen LogP contribution in [-0.4, -0.2) is 22.3 Å². The maximum atomic E-state index is 12.7. The fourth-order valence-corrected chi connectivity index (χ4v) is 3.05. The minimum atomic E-state index is -4.35. The first kappa shape index (κ1) is 14.6. The molecule has 3 rings (SSSR count). The highest BCUT2D eigenvalue weighted by Crippen LogP contribution is 2.32. The molecule has 1 fully saturated rings. The summed E-state index contributed by atoms with van der Waals surface area (Å²) in [5, 5.41) is 0. The first-order valence-corrected chi connectivity index (χ1v) is 7.18. The number of alkyl halides is 3. The van der Waals surface area contributed by atoms with Crippen LogP contribution in [0.5, 0.6) is 0 Å². The van der Waals surface area contributed by atoms with Gasteiger partial charge in [-0.2, -0.15) is 13.2 Å². The van der Waals surface area contributed by atoms with Gasteiger partial charge in [-0.15, -0.1) is 0 Å². The Labute approximate surface area is 124 Å².